The van der Waals surface area contributed by atoms with Crippen molar-refractivity contribution in [3.63, 3.8) is 0 Å². The number of hydrogen-bond acceptors (Lipinski definition) is 3. The molecule has 0 aliphatic carbocycles. The molecule has 2 rings (SSSR count). The Labute approximate surface area is 64.7 Å². The Hall–Kier alpha value is -0.870. The van der Waals surface area contributed by atoms with Crippen molar-refractivity contribution in [2.24, 2.45) is 0 Å². The molecule has 1 aromatic heterocycles. The molecule has 1 aliphatic heterocycles. The van der Waals surface area contributed by atoms with Crippen LogP contribution in [0.1, 0.15) is 18.3 Å². The van der Waals surface area contributed by atoms with E-state index in [0.29, 0.717) is 6.54 Å². The lowest BCUT2D eigenvalue weighted by atomic mass is 10.2. The van der Waals surface area contributed by atoms with Gasteiger partial charge in [-0.05, 0) is 6.42 Å². The minimum atomic E-state index is -0.218. The number of aliphatic hydroxyl groups is 1. The molecule has 1 saturated heterocycles. The average molecular weight is 153 g/mol. The van der Waals surface area contributed by atoms with Crippen molar-refractivity contribution in [3.8, 4) is 0 Å². The molecule has 1 aliphatic rings. The SMILES string of the molecule is O[C@H]1CN[C@H](c2ncc[nH]2)C1. The first-order valence-electron chi connectivity index (χ1n) is 3.77. The summed E-state index contributed by atoms with van der Waals surface area (Å²) >= 11 is 0. The Balaban J connectivity index is 2.08. The topological polar surface area (TPSA) is 60.9 Å². The highest BCUT2D eigenvalue weighted by Gasteiger charge is 2.24. The van der Waals surface area contributed by atoms with Crippen LogP contribution in [0.2, 0.25) is 0 Å². The minimum absolute atomic E-state index is 0.208. The maximum atomic E-state index is 9.19. The van der Waals surface area contributed by atoms with Crippen LogP contribution in [0.4, 0.5) is 0 Å². The largest absolute Gasteiger partial charge is 0.392 e. The Bertz CT molecular complexity index is 222. The van der Waals surface area contributed by atoms with Crippen LogP contribution in [0, 0.1) is 0 Å². The number of aromatic amines is 1. The van der Waals surface area contributed by atoms with Gasteiger partial charge >= 0.3 is 0 Å². The third-order valence-electron chi connectivity index (χ3n) is 1.96. The number of hydrogen-bond donors (Lipinski definition) is 3. The van der Waals surface area contributed by atoms with E-state index in [1.54, 1.807) is 12.4 Å². The zero-order chi connectivity index (χ0) is 7.68. The minimum Gasteiger partial charge on any atom is -0.392 e. The summed E-state index contributed by atoms with van der Waals surface area (Å²) in [6.45, 7) is 0.672. The third kappa shape index (κ3) is 1.27. The van der Waals surface area contributed by atoms with E-state index in [2.05, 4.69) is 15.3 Å². The van der Waals surface area contributed by atoms with Crippen molar-refractivity contribution in [1.82, 2.24) is 15.3 Å². The molecular formula is C7H11N3O. The molecule has 1 fully saturated rings. The first-order valence-corrected chi connectivity index (χ1v) is 3.77. The van der Waals surface area contributed by atoms with Crippen molar-refractivity contribution >= 4 is 0 Å². The molecule has 60 valence electrons. The third-order valence-corrected chi connectivity index (χ3v) is 1.96. The van der Waals surface area contributed by atoms with E-state index in [1.165, 1.54) is 0 Å². The lowest BCUT2D eigenvalue weighted by Gasteiger charge is -2.04. The van der Waals surface area contributed by atoms with Gasteiger partial charge in [-0.1, -0.05) is 0 Å². The van der Waals surface area contributed by atoms with E-state index in [1.807, 2.05) is 0 Å². The smallest absolute Gasteiger partial charge is 0.123 e. The predicted molar refractivity (Wildman–Crippen MR) is 40.0 cm³/mol. The van der Waals surface area contributed by atoms with Crippen LogP contribution < -0.4 is 5.32 Å². The molecule has 0 bridgehead atoms. The van der Waals surface area contributed by atoms with Crippen LogP contribution in [-0.4, -0.2) is 27.7 Å². The van der Waals surface area contributed by atoms with E-state index in [9.17, 15) is 5.11 Å². The van der Waals surface area contributed by atoms with Crippen LogP contribution in [0.5, 0.6) is 0 Å². The maximum Gasteiger partial charge on any atom is 0.123 e. The Kier molecular flexibility index (Phi) is 1.63. The Morgan fingerprint density at radius 3 is 3.09 bits per heavy atom. The number of aliphatic hydroxyl groups excluding tert-OH is 1. The first-order chi connectivity index (χ1) is 5.36. The second kappa shape index (κ2) is 2.64. The highest BCUT2D eigenvalue weighted by atomic mass is 16.3. The van der Waals surface area contributed by atoms with Crippen molar-refractivity contribution in [1.29, 1.82) is 0 Å². The summed E-state index contributed by atoms with van der Waals surface area (Å²) < 4.78 is 0. The summed E-state index contributed by atoms with van der Waals surface area (Å²) in [6.07, 6.45) is 4.06. The zero-order valence-electron chi connectivity index (χ0n) is 6.12. The Morgan fingerprint density at radius 2 is 2.55 bits per heavy atom. The zero-order valence-corrected chi connectivity index (χ0v) is 6.12. The molecule has 0 amide bonds. The molecule has 0 unspecified atom stereocenters. The fourth-order valence-electron chi connectivity index (χ4n) is 1.39. The van der Waals surface area contributed by atoms with Crippen LogP contribution in [0.15, 0.2) is 12.4 Å². The van der Waals surface area contributed by atoms with Crippen LogP contribution in [0.3, 0.4) is 0 Å². The van der Waals surface area contributed by atoms with Crippen LogP contribution in [0.25, 0.3) is 0 Å². The van der Waals surface area contributed by atoms with Gasteiger partial charge < -0.3 is 15.4 Å². The van der Waals surface area contributed by atoms with Gasteiger partial charge in [0, 0.05) is 18.9 Å². The van der Waals surface area contributed by atoms with Crippen molar-refractivity contribution < 1.29 is 5.11 Å². The first kappa shape index (κ1) is 6.82. The number of imidazole rings is 1. The van der Waals surface area contributed by atoms with Crippen molar-refractivity contribution in [2.75, 3.05) is 6.54 Å². The van der Waals surface area contributed by atoms with Crippen molar-refractivity contribution in [2.45, 2.75) is 18.6 Å². The summed E-state index contributed by atoms with van der Waals surface area (Å²) in [5, 5.41) is 12.4. The standard InChI is InChI=1S/C7H11N3O/c11-5-3-6(10-4-5)7-8-1-2-9-7/h1-2,5-6,10-11H,3-4H2,(H,8,9)/t5-,6+/m1/s1. The van der Waals surface area contributed by atoms with Crippen molar-refractivity contribution in [3.05, 3.63) is 18.2 Å². The van der Waals surface area contributed by atoms with Crippen LogP contribution in [-0.2, 0) is 0 Å². The lowest BCUT2D eigenvalue weighted by Crippen LogP contribution is -2.15. The molecule has 4 nitrogen and oxygen atoms in total. The average Bonchev–Trinajstić information content (AvgIpc) is 2.55. The highest BCUT2D eigenvalue weighted by molar-refractivity contribution is 4.99. The number of aromatic nitrogens is 2. The molecule has 0 aromatic carbocycles. The van der Waals surface area contributed by atoms with E-state index in [0.717, 1.165) is 12.2 Å². The fraction of sp³-hybridized carbons (Fsp3) is 0.571. The molecule has 0 radical (unpaired) electrons. The number of rotatable bonds is 1. The summed E-state index contributed by atoms with van der Waals surface area (Å²) in [4.78, 5) is 7.12. The number of nitrogens with one attached hydrogen (secondary N) is 2. The fourth-order valence-corrected chi connectivity index (χ4v) is 1.39. The molecule has 2 heterocycles. The number of nitrogens with zero attached hydrogens (tertiary/aromatic N) is 1. The quantitative estimate of drug-likeness (QED) is 0.524. The molecule has 1 aromatic rings. The van der Waals surface area contributed by atoms with Gasteiger partial charge in [-0.25, -0.2) is 4.98 Å². The predicted octanol–water partition coefficient (Wildman–Crippen LogP) is -0.195. The maximum absolute atomic E-state index is 9.19. The second-order valence-electron chi connectivity index (χ2n) is 2.82. The van der Waals surface area contributed by atoms with Crippen LogP contribution >= 0.6 is 0 Å². The molecule has 4 heteroatoms. The molecule has 0 spiro atoms. The molecule has 3 N–H and O–H groups in total. The molecule has 0 saturated carbocycles. The summed E-state index contributed by atoms with van der Waals surface area (Å²) in [5.74, 6) is 0.918. The number of β-amino-alcohol motifs (C(OH)–C–C–N with tert-alkyl or cyclic N) is 1. The van der Waals surface area contributed by atoms with E-state index in [-0.39, 0.29) is 12.1 Å². The molecule has 2 atom stereocenters. The normalized spacial score (nSPS) is 31.0. The monoisotopic (exact) mass is 153 g/mol. The van der Waals surface area contributed by atoms with Gasteiger partial charge in [-0.2, -0.15) is 0 Å². The van der Waals surface area contributed by atoms with Gasteiger partial charge in [0.2, 0.25) is 0 Å². The Morgan fingerprint density at radius 1 is 1.64 bits per heavy atom. The lowest BCUT2D eigenvalue weighted by molar-refractivity contribution is 0.193. The van der Waals surface area contributed by atoms with Gasteiger partial charge in [0.05, 0.1) is 12.1 Å². The summed E-state index contributed by atoms with van der Waals surface area (Å²) in [7, 11) is 0. The van der Waals surface area contributed by atoms with E-state index < -0.39 is 0 Å². The summed E-state index contributed by atoms with van der Waals surface area (Å²) in [6, 6.07) is 0.208. The second-order valence-corrected chi connectivity index (χ2v) is 2.82. The van der Waals surface area contributed by atoms with Gasteiger partial charge in [-0.15, -0.1) is 0 Å². The molecular weight excluding hydrogens is 142 g/mol. The highest BCUT2D eigenvalue weighted by Crippen LogP contribution is 2.19. The van der Waals surface area contributed by atoms with Gasteiger partial charge in [-0.3, -0.25) is 0 Å². The van der Waals surface area contributed by atoms with E-state index in [4.69, 9.17) is 0 Å². The summed E-state index contributed by atoms with van der Waals surface area (Å²) in [5.41, 5.74) is 0. The van der Waals surface area contributed by atoms with Gasteiger partial charge in [0.15, 0.2) is 0 Å². The number of H-pyrrole nitrogens is 1. The van der Waals surface area contributed by atoms with E-state index >= 15 is 0 Å². The molecule has 11 heavy (non-hydrogen) atoms. The van der Waals surface area contributed by atoms with Gasteiger partial charge in [0.1, 0.15) is 5.82 Å². The van der Waals surface area contributed by atoms with Gasteiger partial charge in [0.25, 0.3) is 0 Å².